The number of rotatable bonds is 4. The highest BCUT2D eigenvalue weighted by molar-refractivity contribution is 5.83. The Kier molecular flexibility index (Phi) is 4.54. The van der Waals surface area contributed by atoms with Gasteiger partial charge in [0.15, 0.2) is 0 Å². The van der Waals surface area contributed by atoms with Crippen LogP contribution in [0.4, 0.5) is 0 Å². The lowest BCUT2D eigenvalue weighted by molar-refractivity contribution is -0.136. The first-order valence-corrected chi connectivity index (χ1v) is 5.61. The van der Waals surface area contributed by atoms with Gasteiger partial charge in [0.1, 0.15) is 0 Å². The zero-order valence-electron chi connectivity index (χ0n) is 9.93. The van der Waals surface area contributed by atoms with Gasteiger partial charge in [0.25, 0.3) is 0 Å². The highest BCUT2D eigenvalue weighted by Gasteiger charge is 2.39. The van der Waals surface area contributed by atoms with Gasteiger partial charge < -0.3 is 15.4 Å². The average Bonchev–Trinajstić information content (AvgIpc) is 2.18. The molecular weight excluding hydrogens is 192 g/mol. The maximum absolute atomic E-state index is 12.1. The van der Waals surface area contributed by atoms with E-state index >= 15 is 0 Å². The van der Waals surface area contributed by atoms with Crippen LogP contribution < -0.4 is 10.6 Å². The van der Waals surface area contributed by atoms with Gasteiger partial charge in [-0.1, -0.05) is 0 Å². The molecule has 0 atom stereocenters. The van der Waals surface area contributed by atoms with E-state index in [0.717, 1.165) is 25.9 Å². The lowest BCUT2D eigenvalue weighted by Crippen LogP contribution is -2.51. The summed E-state index contributed by atoms with van der Waals surface area (Å²) in [6.07, 6.45) is 1.72. The van der Waals surface area contributed by atoms with Gasteiger partial charge >= 0.3 is 0 Å². The maximum atomic E-state index is 12.1. The second-order valence-electron chi connectivity index (χ2n) is 4.59. The van der Waals surface area contributed by atoms with Crippen molar-refractivity contribution in [3.63, 3.8) is 0 Å². The van der Waals surface area contributed by atoms with Crippen molar-refractivity contribution in [3.05, 3.63) is 0 Å². The number of nitrogens with one attached hydrogen (secondary N) is 2. The van der Waals surface area contributed by atoms with Crippen molar-refractivity contribution >= 4 is 5.91 Å². The topological polar surface area (TPSA) is 50.4 Å². The van der Waals surface area contributed by atoms with Crippen LogP contribution in [0.5, 0.6) is 0 Å². The quantitative estimate of drug-likeness (QED) is 0.717. The summed E-state index contributed by atoms with van der Waals surface area (Å²) in [6, 6.07) is 0.195. The van der Waals surface area contributed by atoms with Crippen LogP contribution in [0, 0.1) is 5.41 Å². The van der Waals surface area contributed by atoms with Crippen LogP contribution >= 0.6 is 0 Å². The standard InChI is InChI=1S/C11H22N2O2/c1-9(2)13-10(14)11(8-15-3)4-6-12-7-5-11/h9,12H,4-8H2,1-3H3,(H,13,14). The van der Waals surface area contributed by atoms with Gasteiger partial charge in [0.05, 0.1) is 12.0 Å². The van der Waals surface area contributed by atoms with Crippen molar-refractivity contribution in [1.82, 2.24) is 10.6 Å². The summed E-state index contributed by atoms with van der Waals surface area (Å²) < 4.78 is 5.20. The van der Waals surface area contributed by atoms with Crippen LogP contribution in [0.3, 0.4) is 0 Å². The van der Waals surface area contributed by atoms with E-state index in [0.29, 0.717) is 6.61 Å². The highest BCUT2D eigenvalue weighted by Crippen LogP contribution is 2.29. The Hall–Kier alpha value is -0.610. The molecule has 0 aliphatic carbocycles. The zero-order valence-corrected chi connectivity index (χ0v) is 9.93. The Bertz CT molecular complexity index is 205. The third-order valence-electron chi connectivity index (χ3n) is 2.88. The van der Waals surface area contributed by atoms with Crippen molar-refractivity contribution in [2.24, 2.45) is 5.41 Å². The SMILES string of the molecule is COCC1(C(=O)NC(C)C)CCNCC1. The van der Waals surface area contributed by atoms with Gasteiger partial charge in [-0.25, -0.2) is 0 Å². The third kappa shape index (κ3) is 3.18. The monoisotopic (exact) mass is 214 g/mol. The molecule has 0 radical (unpaired) electrons. The molecule has 1 saturated heterocycles. The van der Waals surface area contributed by atoms with Crippen LogP contribution in [0.25, 0.3) is 0 Å². The summed E-state index contributed by atoms with van der Waals surface area (Å²) in [7, 11) is 1.66. The molecule has 0 bridgehead atoms. The van der Waals surface area contributed by atoms with Gasteiger partial charge in [-0.2, -0.15) is 0 Å². The van der Waals surface area contributed by atoms with Gasteiger partial charge in [-0.15, -0.1) is 0 Å². The molecule has 2 N–H and O–H groups in total. The average molecular weight is 214 g/mol. The molecule has 1 amide bonds. The number of hydrogen-bond acceptors (Lipinski definition) is 3. The fraction of sp³-hybridized carbons (Fsp3) is 0.909. The molecule has 1 aliphatic heterocycles. The van der Waals surface area contributed by atoms with E-state index in [1.807, 2.05) is 13.8 Å². The molecule has 1 fully saturated rings. The number of ether oxygens (including phenoxy) is 1. The van der Waals surface area contributed by atoms with Crippen molar-refractivity contribution in [2.45, 2.75) is 32.7 Å². The molecular formula is C11H22N2O2. The van der Waals surface area contributed by atoms with Crippen LogP contribution in [0.15, 0.2) is 0 Å². The second kappa shape index (κ2) is 5.47. The highest BCUT2D eigenvalue weighted by atomic mass is 16.5. The molecule has 0 saturated carbocycles. The number of hydrogen-bond donors (Lipinski definition) is 2. The molecule has 15 heavy (non-hydrogen) atoms. The summed E-state index contributed by atoms with van der Waals surface area (Å²) in [5, 5.41) is 6.26. The molecule has 0 spiro atoms. The van der Waals surface area contributed by atoms with Crippen LogP contribution in [-0.2, 0) is 9.53 Å². The number of carbonyl (C=O) groups is 1. The number of amides is 1. The first-order chi connectivity index (χ1) is 7.10. The van der Waals surface area contributed by atoms with Crippen molar-refractivity contribution in [1.29, 1.82) is 0 Å². The van der Waals surface area contributed by atoms with Crippen LogP contribution in [0.1, 0.15) is 26.7 Å². The van der Waals surface area contributed by atoms with Crippen molar-refractivity contribution in [3.8, 4) is 0 Å². The normalized spacial score (nSPS) is 20.3. The van der Waals surface area contributed by atoms with Crippen LogP contribution in [0.2, 0.25) is 0 Å². The molecule has 1 heterocycles. The Balaban J connectivity index is 2.66. The minimum Gasteiger partial charge on any atom is -0.384 e. The number of methoxy groups -OCH3 is 1. The second-order valence-corrected chi connectivity index (χ2v) is 4.59. The summed E-state index contributed by atoms with van der Waals surface area (Å²) in [4.78, 5) is 12.1. The Morgan fingerprint density at radius 3 is 2.53 bits per heavy atom. The van der Waals surface area contributed by atoms with E-state index in [2.05, 4.69) is 10.6 Å². The minimum absolute atomic E-state index is 0.140. The molecule has 0 aromatic heterocycles. The van der Waals surface area contributed by atoms with E-state index in [4.69, 9.17) is 4.74 Å². The Labute approximate surface area is 91.8 Å². The largest absolute Gasteiger partial charge is 0.384 e. The third-order valence-corrected chi connectivity index (χ3v) is 2.88. The predicted molar refractivity (Wildman–Crippen MR) is 59.7 cm³/mol. The van der Waals surface area contributed by atoms with Gasteiger partial charge in [-0.05, 0) is 39.8 Å². The summed E-state index contributed by atoms with van der Waals surface area (Å²) in [5.74, 6) is 0.140. The molecule has 0 aromatic rings. The molecule has 1 rings (SSSR count). The molecule has 0 unspecified atom stereocenters. The first kappa shape index (κ1) is 12.5. The first-order valence-electron chi connectivity index (χ1n) is 5.61. The van der Waals surface area contributed by atoms with Gasteiger partial charge in [0.2, 0.25) is 5.91 Å². The maximum Gasteiger partial charge on any atom is 0.228 e. The molecule has 0 aromatic carbocycles. The van der Waals surface area contributed by atoms with Gasteiger partial charge in [-0.3, -0.25) is 4.79 Å². The predicted octanol–water partition coefficient (Wildman–Crippen LogP) is 0.527. The van der Waals surface area contributed by atoms with Crippen molar-refractivity contribution < 1.29 is 9.53 Å². The Morgan fingerprint density at radius 1 is 1.47 bits per heavy atom. The molecule has 88 valence electrons. The van der Waals surface area contributed by atoms with Gasteiger partial charge in [0, 0.05) is 13.2 Å². The lowest BCUT2D eigenvalue weighted by atomic mass is 9.78. The fourth-order valence-corrected chi connectivity index (χ4v) is 2.03. The molecule has 4 heteroatoms. The molecule has 4 nitrogen and oxygen atoms in total. The van der Waals surface area contributed by atoms with Crippen molar-refractivity contribution in [2.75, 3.05) is 26.8 Å². The van der Waals surface area contributed by atoms with E-state index < -0.39 is 0 Å². The van der Waals surface area contributed by atoms with Crippen LogP contribution in [-0.4, -0.2) is 38.8 Å². The summed E-state index contributed by atoms with van der Waals surface area (Å²) in [5.41, 5.74) is -0.315. The summed E-state index contributed by atoms with van der Waals surface area (Å²) >= 11 is 0. The Morgan fingerprint density at radius 2 is 2.07 bits per heavy atom. The van der Waals surface area contributed by atoms with E-state index in [-0.39, 0.29) is 17.4 Å². The lowest BCUT2D eigenvalue weighted by Gasteiger charge is -2.36. The minimum atomic E-state index is -0.315. The number of carbonyl (C=O) groups excluding carboxylic acids is 1. The van der Waals surface area contributed by atoms with E-state index in [1.54, 1.807) is 7.11 Å². The van der Waals surface area contributed by atoms with E-state index in [1.165, 1.54) is 0 Å². The van der Waals surface area contributed by atoms with E-state index in [9.17, 15) is 4.79 Å². The fourth-order valence-electron chi connectivity index (χ4n) is 2.03. The zero-order chi connectivity index (χ0) is 11.3. The molecule has 1 aliphatic rings. The summed E-state index contributed by atoms with van der Waals surface area (Å²) in [6.45, 7) is 6.29. The number of piperidine rings is 1. The smallest absolute Gasteiger partial charge is 0.228 e.